The molecule has 0 unspecified atom stereocenters. The third-order valence-electron chi connectivity index (χ3n) is 2.15. The number of hydrogen-bond donors (Lipinski definition) is 2. The van der Waals surface area contributed by atoms with E-state index < -0.39 is 0 Å². The normalized spacial score (nSPS) is 10.6. The second kappa shape index (κ2) is 5.43. The Morgan fingerprint density at radius 2 is 2.12 bits per heavy atom. The lowest BCUT2D eigenvalue weighted by Gasteiger charge is -2.04. The zero-order valence-corrected chi connectivity index (χ0v) is 13.0. The van der Waals surface area contributed by atoms with E-state index in [-0.39, 0.29) is 0 Å². The molecule has 0 aliphatic carbocycles. The Hall–Kier alpha value is -0.500. The van der Waals surface area contributed by atoms with E-state index in [0.29, 0.717) is 11.6 Å². The van der Waals surface area contributed by atoms with Gasteiger partial charge in [-0.1, -0.05) is 6.92 Å². The minimum atomic E-state index is 0.632. The summed E-state index contributed by atoms with van der Waals surface area (Å²) in [6, 6.07) is 3.84. The molecule has 0 bridgehead atoms. The van der Waals surface area contributed by atoms with Gasteiger partial charge in [-0.3, -0.25) is 0 Å². The van der Waals surface area contributed by atoms with Gasteiger partial charge in [-0.15, -0.1) is 11.3 Å². The van der Waals surface area contributed by atoms with Gasteiger partial charge >= 0.3 is 0 Å². The highest BCUT2D eigenvalue weighted by atomic mass is 79.9. The first-order chi connectivity index (χ1) is 8.13. The Kier molecular flexibility index (Phi) is 4.13. The van der Waals surface area contributed by atoms with E-state index in [1.165, 1.54) is 0 Å². The van der Waals surface area contributed by atoms with E-state index in [1.807, 2.05) is 19.1 Å². The van der Waals surface area contributed by atoms with Crippen LogP contribution in [0.25, 0.3) is 10.7 Å². The quantitative estimate of drug-likeness (QED) is 0.633. The number of thiophene rings is 1. The molecule has 0 amide bonds. The third-order valence-corrected chi connectivity index (χ3v) is 5.41. The van der Waals surface area contributed by atoms with Crippen LogP contribution in [-0.4, -0.2) is 9.97 Å². The number of rotatable bonds is 3. The fourth-order valence-electron chi connectivity index (χ4n) is 1.32. The van der Waals surface area contributed by atoms with Gasteiger partial charge in [0, 0.05) is 16.2 Å². The van der Waals surface area contributed by atoms with Gasteiger partial charge in [-0.25, -0.2) is 15.8 Å². The van der Waals surface area contributed by atoms with E-state index in [9.17, 15) is 0 Å². The third kappa shape index (κ3) is 2.85. The van der Waals surface area contributed by atoms with Gasteiger partial charge in [0.1, 0.15) is 5.82 Å². The zero-order valence-electron chi connectivity index (χ0n) is 9.00. The number of aromatic nitrogens is 2. The van der Waals surface area contributed by atoms with E-state index in [1.54, 1.807) is 11.3 Å². The van der Waals surface area contributed by atoms with Gasteiger partial charge in [-0.05, 0) is 44.3 Å². The largest absolute Gasteiger partial charge is 0.308 e. The van der Waals surface area contributed by atoms with Crippen LogP contribution in [0, 0.1) is 0 Å². The van der Waals surface area contributed by atoms with Crippen LogP contribution in [0.1, 0.15) is 12.6 Å². The lowest BCUT2D eigenvalue weighted by Crippen LogP contribution is -2.10. The molecular weight excluding hydrogens is 368 g/mol. The number of aryl methyl sites for hydroxylation is 1. The molecule has 0 saturated carbocycles. The Labute approximate surface area is 120 Å². The molecule has 0 spiro atoms. The zero-order chi connectivity index (χ0) is 12.4. The number of nitrogens with two attached hydrogens (primary N) is 1. The van der Waals surface area contributed by atoms with Gasteiger partial charge in [0.05, 0.1) is 8.66 Å². The number of halogens is 2. The van der Waals surface area contributed by atoms with Gasteiger partial charge in [0.2, 0.25) is 0 Å². The second-order valence-electron chi connectivity index (χ2n) is 3.30. The van der Waals surface area contributed by atoms with E-state index in [0.717, 1.165) is 25.3 Å². The number of anilines is 1. The maximum Gasteiger partial charge on any atom is 0.171 e. The van der Waals surface area contributed by atoms with Crippen molar-refractivity contribution in [2.75, 3.05) is 5.43 Å². The van der Waals surface area contributed by atoms with Crippen LogP contribution in [0.15, 0.2) is 20.4 Å². The Bertz CT molecular complexity index is 499. The minimum Gasteiger partial charge on any atom is -0.308 e. The van der Waals surface area contributed by atoms with Gasteiger partial charge in [-0.2, -0.15) is 0 Å². The van der Waals surface area contributed by atoms with Crippen molar-refractivity contribution >= 4 is 49.0 Å². The highest BCUT2D eigenvalue weighted by molar-refractivity contribution is 9.13. The molecular formula is C10H10Br2N4S. The molecule has 2 heterocycles. The molecule has 90 valence electrons. The van der Waals surface area contributed by atoms with Crippen LogP contribution in [0.4, 0.5) is 5.82 Å². The maximum atomic E-state index is 5.40. The highest BCUT2D eigenvalue weighted by Gasteiger charge is 2.11. The molecule has 2 aromatic heterocycles. The smallest absolute Gasteiger partial charge is 0.171 e. The summed E-state index contributed by atoms with van der Waals surface area (Å²) in [6.45, 7) is 2.05. The van der Waals surface area contributed by atoms with E-state index in [4.69, 9.17) is 5.84 Å². The van der Waals surface area contributed by atoms with Crippen molar-refractivity contribution in [2.45, 2.75) is 13.3 Å². The lowest BCUT2D eigenvalue weighted by molar-refractivity contribution is 1.00. The van der Waals surface area contributed by atoms with Crippen LogP contribution >= 0.6 is 43.2 Å². The van der Waals surface area contributed by atoms with Crippen molar-refractivity contribution in [3.8, 4) is 10.7 Å². The molecule has 3 N–H and O–H groups in total. The summed E-state index contributed by atoms with van der Waals surface area (Å²) in [5, 5.41) is 0. The predicted octanol–water partition coefficient (Wildman–Crippen LogP) is 3.58. The second-order valence-corrected chi connectivity index (χ2v) is 6.52. The Morgan fingerprint density at radius 1 is 1.35 bits per heavy atom. The van der Waals surface area contributed by atoms with Crippen molar-refractivity contribution < 1.29 is 0 Å². The minimum absolute atomic E-state index is 0.632. The first-order valence-corrected chi connectivity index (χ1v) is 7.34. The number of nitrogen functional groups attached to an aromatic ring is 1. The number of hydrogen-bond acceptors (Lipinski definition) is 5. The monoisotopic (exact) mass is 376 g/mol. The summed E-state index contributed by atoms with van der Waals surface area (Å²) in [7, 11) is 0. The molecule has 0 aliphatic rings. The number of nitrogens with one attached hydrogen (secondary N) is 1. The first kappa shape index (κ1) is 12.9. The average molecular weight is 378 g/mol. The van der Waals surface area contributed by atoms with Gasteiger partial charge < -0.3 is 5.43 Å². The van der Waals surface area contributed by atoms with Crippen LogP contribution < -0.4 is 11.3 Å². The standard InChI is InChI=1S/C10H10Br2N4S/c1-2-5-3-8(16-13)15-10(14-5)7-4-6(11)9(12)17-7/h3-4H,2,13H2,1H3,(H,14,15,16). The Morgan fingerprint density at radius 3 is 2.65 bits per heavy atom. The SMILES string of the molecule is CCc1cc(NN)nc(-c2cc(Br)c(Br)s2)n1. The molecule has 0 atom stereocenters. The summed E-state index contributed by atoms with van der Waals surface area (Å²) in [4.78, 5) is 9.83. The summed E-state index contributed by atoms with van der Waals surface area (Å²) in [5.41, 5.74) is 3.52. The molecule has 0 saturated heterocycles. The molecule has 4 nitrogen and oxygen atoms in total. The summed E-state index contributed by atoms with van der Waals surface area (Å²) < 4.78 is 2.03. The van der Waals surface area contributed by atoms with Crippen LogP contribution in [-0.2, 0) is 6.42 Å². The fraction of sp³-hybridized carbons (Fsp3) is 0.200. The highest BCUT2D eigenvalue weighted by Crippen LogP contribution is 2.37. The summed E-state index contributed by atoms with van der Waals surface area (Å²) in [5.74, 6) is 6.72. The molecule has 0 aromatic carbocycles. The van der Waals surface area contributed by atoms with Crippen molar-refractivity contribution in [3.63, 3.8) is 0 Å². The average Bonchev–Trinajstić information content (AvgIpc) is 2.69. The topological polar surface area (TPSA) is 63.8 Å². The van der Waals surface area contributed by atoms with Crippen LogP contribution in [0.3, 0.4) is 0 Å². The molecule has 0 radical (unpaired) electrons. The molecule has 2 aromatic rings. The van der Waals surface area contributed by atoms with Gasteiger partial charge in [0.15, 0.2) is 5.82 Å². The van der Waals surface area contributed by atoms with Crippen molar-refractivity contribution in [2.24, 2.45) is 5.84 Å². The lowest BCUT2D eigenvalue weighted by atomic mass is 10.3. The summed E-state index contributed by atoms with van der Waals surface area (Å²) in [6.07, 6.45) is 0.845. The number of hydrazine groups is 1. The van der Waals surface area contributed by atoms with E-state index >= 15 is 0 Å². The van der Waals surface area contributed by atoms with E-state index in [2.05, 4.69) is 47.3 Å². The summed E-state index contributed by atoms with van der Waals surface area (Å²) >= 11 is 8.49. The van der Waals surface area contributed by atoms with Crippen molar-refractivity contribution in [1.82, 2.24) is 9.97 Å². The molecule has 0 aliphatic heterocycles. The van der Waals surface area contributed by atoms with Crippen molar-refractivity contribution in [3.05, 3.63) is 26.1 Å². The molecule has 7 heteroatoms. The molecule has 0 fully saturated rings. The first-order valence-electron chi connectivity index (χ1n) is 4.93. The number of nitrogens with zero attached hydrogens (tertiary/aromatic N) is 2. The maximum absolute atomic E-state index is 5.40. The van der Waals surface area contributed by atoms with Crippen LogP contribution in [0.2, 0.25) is 0 Å². The van der Waals surface area contributed by atoms with Crippen molar-refractivity contribution in [1.29, 1.82) is 0 Å². The fourth-order valence-corrected chi connectivity index (χ4v) is 3.29. The van der Waals surface area contributed by atoms with Gasteiger partial charge in [0.25, 0.3) is 0 Å². The Balaban J connectivity index is 2.50. The molecule has 2 rings (SSSR count). The predicted molar refractivity (Wildman–Crippen MR) is 77.9 cm³/mol. The molecule has 17 heavy (non-hydrogen) atoms. The van der Waals surface area contributed by atoms with Crippen LogP contribution in [0.5, 0.6) is 0 Å².